The number of halogens is 1. The fraction of sp³-hybridized carbons (Fsp3) is 0.364. The van der Waals surface area contributed by atoms with E-state index >= 15 is 0 Å². The van der Waals surface area contributed by atoms with Crippen molar-refractivity contribution in [3.05, 3.63) is 38.8 Å². The monoisotopic (exact) mass is 253 g/mol. The smallest absolute Gasteiger partial charge is 0.0934 e. The first-order valence-corrected chi connectivity index (χ1v) is 6.52. The van der Waals surface area contributed by atoms with E-state index in [1.807, 2.05) is 6.07 Å². The second-order valence-corrected chi connectivity index (χ2v) is 5.75. The van der Waals surface area contributed by atoms with E-state index in [0.29, 0.717) is 6.04 Å². The molecule has 1 aliphatic carbocycles. The van der Waals surface area contributed by atoms with Crippen molar-refractivity contribution in [3.63, 3.8) is 0 Å². The van der Waals surface area contributed by atoms with Gasteiger partial charge in [0.2, 0.25) is 0 Å². The molecule has 3 nitrogen and oxygen atoms in total. The summed E-state index contributed by atoms with van der Waals surface area (Å²) in [4.78, 5) is 1.44. The molecule has 1 aliphatic rings. The molecule has 0 aliphatic heterocycles. The summed E-state index contributed by atoms with van der Waals surface area (Å²) in [7, 11) is 0. The van der Waals surface area contributed by atoms with Crippen molar-refractivity contribution in [2.24, 2.45) is 0 Å². The molecule has 0 radical (unpaired) electrons. The first-order valence-electron chi connectivity index (χ1n) is 5.32. The van der Waals surface area contributed by atoms with E-state index in [9.17, 15) is 0 Å². The molecule has 0 bridgehead atoms. The van der Waals surface area contributed by atoms with Gasteiger partial charge < -0.3 is 5.32 Å². The molecule has 5 heteroatoms. The summed E-state index contributed by atoms with van der Waals surface area (Å²) in [6.45, 7) is 0.831. The van der Waals surface area contributed by atoms with Gasteiger partial charge in [-0.15, -0.1) is 11.3 Å². The lowest BCUT2D eigenvalue weighted by Gasteiger charge is -2.11. The molecule has 2 aromatic rings. The van der Waals surface area contributed by atoms with Gasteiger partial charge in [-0.05, 0) is 30.5 Å². The number of rotatable bonds is 3. The second-order valence-electron chi connectivity index (χ2n) is 3.98. The fourth-order valence-electron chi connectivity index (χ4n) is 2.16. The third kappa shape index (κ3) is 1.88. The van der Waals surface area contributed by atoms with E-state index in [-0.39, 0.29) is 0 Å². The van der Waals surface area contributed by atoms with Crippen LogP contribution in [0.1, 0.15) is 28.6 Å². The van der Waals surface area contributed by atoms with Gasteiger partial charge in [0.15, 0.2) is 0 Å². The van der Waals surface area contributed by atoms with Crippen molar-refractivity contribution in [1.82, 2.24) is 15.5 Å². The third-order valence-corrected chi connectivity index (χ3v) is 4.28. The van der Waals surface area contributed by atoms with E-state index < -0.39 is 0 Å². The van der Waals surface area contributed by atoms with Gasteiger partial charge in [-0.3, -0.25) is 5.10 Å². The average Bonchev–Trinajstić information content (AvgIpc) is 2.91. The summed E-state index contributed by atoms with van der Waals surface area (Å²) in [5.41, 5.74) is 2.50. The first kappa shape index (κ1) is 10.3. The minimum Gasteiger partial charge on any atom is -0.304 e. The van der Waals surface area contributed by atoms with E-state index in [1.54, 1.807) is 17.5 Å². The molecule has 2 N–H and O–H groups in total. The van der Waals surface area contributed by atoms with Gasteiger partial charge in [0.1, 0.15) is 0 Å². The summed E-state index contributed by atoms with van der Waals surface area (Å²) in [6.07, 6.45) is 4.10. The van der Waals surface area contributed by atoms with Crippen LogP contribution in [-0.2, 0) is 13.0 Å². The standard InChI is InChI=1S/C11H12ClN3S/c12-11-5-8-9(1-2-10(8)16-11)13-6-7-3-4-14-15-7/h3-5,9,13H,1-2,6H2,(H,14,15). The van der Waals surface area contributed by atoms with Crippen LogP contribution in [0.25, 0.3) is 0 Å². The molecule has 1 unspecified atom stereocenters. The van der Waals surface area contributed by atoms with Gasteiger partial charge in [0.05, 0.1) is 4.34 Å². The molecule has 1 atom stereocenters. The van der Waals surface area contributed by atoms with Gasteiger partial charge in [0.25, 0.3) is 0 Å². The number of H-pyrrole nitrogens is 1. The predicted molar refractivity (Wildman–Crippen MR) is 65.8 cm³/mol. The zero-order valence-electron chi connectivity index (χ0n) is 8.66. The molecule has 16 heavy (non-hydrogen) atoms. The maximum Gasteiger partial charge on any atom is 0.0934 e. The van der Waals surface area contributed by atoms with Crippen molar-refractivity contribution in [1.29, 1.82) is 0 Å². The lowest BCUT2D eigenvalue weighted by Crippen LogP contribution is -2.18. The zero-order chi connectivity index (χ0) is 11.0. The number of hydrogen-bond donors (Lipinski definition) is 2. The maximum absolute atomic E-state index is 6.02. The Morgan fingerprint density at radius 3 is 3.38 bits per heavy atom. The van der Waals surface area contributed by atoms with Crippen LogP contribution in [0.2, 0.25) is 4.34 Å². The van der Waals surface area contributed by atoms with E-state index in [1.165, 1.54) is 16.9 Å². The van der Waals surface area contributed by atoms with Crippen LogP contribution in [0, 0.1) is 0 Å². The van der Waals surface area contributed by atoms with Crippen LogP contribution in [0.4, 0.5) is 0 Å². The lowest BCUT2D eigenvalue weighted by atomic mass is 10.2. The number of thiophene rings is 1. The number of nitrogens with one attached hydrogen (secondary N) is 2. The molecule has 0 spiro atoms. The molecule has 0 saturated heterocycles. The highest BCUT2D eigenvalue weighted by atomic mass is 35.5. The van der Waals surface area contributed by atoms with E-state index in [4.69, 9.17) is 11.6 Å². The topological polar surface area (TPSA) is 40.7 Å². The summed E-state index contributed by atoms with van der Waals surface area (Å²) in [5.74, 6) is 0. The Hall–Kier alpha value is -0.840. The summed E-state index contributed by atoms with van der Waals surface area (Å²) >= 11 is 7.73. The minimum atomic E-state index is 0.446. The highest BCUT2D eigenvalue weighted by Gasteiger charge is 2.24. The summed E-state index contributed by atoms with van der Waals surface area (Å²) in [5, 5.41) is 10.4. The van der Waals surface area contributed by atoms with Crippen LogP contribution in [-0.4, -0.2) is 10.2 Å². The predicted octanol–water partition coefficient (Wildman–Crippen LogP) is 2.90. The molecule has 84 valence electrons. The van der Waals surface area contributed by atoms with Gasteiger partial charge in [0, 0.05) is 29.4 Å². The third-order valence-electron chi connectivity index (χ3n) is 2.94. The van der Waals surface area contributed by atoms with E-state index in [0.717, 1.165) is 23.0 Å². The molecular formula is C11H12ClN3S. The van der Waals surface area contributed by atoms with Crippen molar-refractivity contribution in [2.45, 2.75) is 25.4 Å². The highest BCUT2D eigenvalue weighted by molar-refractivity contribution is 7.16. The fourth-order valence-corrected chi connectivity index (χ4v) is 3.52. The Balaban J connectivity index is 1.69. The van der Waals surface area contributed by atoms with Gasteiger partial charge in [-0.1, -0.05) is 11.6 Å². The number of fused-ring (bicyclic) bond motifs is 1. The lowest BCUT2D eigenvalue weighted by molar-refractivity contribution is 0.525. The SMILES string of the molecule is Clc1cc2c(s1)CCC2NCc1ccn[nH]1. The molecule has 2 heterocycles. The molecule has 2 aromatic heterocycles. The average molecular weight is 254 g/mol. The van der Waals surface area contributed by atoms with Crippen molar-refractivity contribution in [3.8, 4) is 0 Å². The Labute approximate surface area is 103 Å². The molecule has 0 fully saturated rings. The Morgan fingerprint density at radius 1 is 1.62 bits per heavy atom. The highest BCUT2D eigenvalue weighted by Crippen LogP contribution is 2.39. The zero-order valence-corrected chi connectivity index (χ0v) is 10.2. The Bertz CT molecular complexity index is 477. The first-order chi connectivity index (χ1) is 7.83. The molecule has 0 amide bonds. The maximum atomic E-state index is 6.02. The number of nitrogens with zero attached hydrogens (tertiary/aromatic N) is 1. The van der Waals surface area contributed by atoms with E-state index in [2.05, 4.69) is 21.6 Å². The van der Waals surface area contributed by atoms with Gasteiger partial charge >= 0.3 is 0 Å². The van der Waals surface area contributed by atoms with Crippen LogP contribution >= 0.6 is 22.9 Å². The minimum absolute atomic E-state index is 0.446. The van der Waals surface area contributed by atoms with Crippen molar-refractivity contribution < 1.29 is 0 Å². The van der Waals surface area contributed by atoms with Gasteiger partial charge in [-0.2, -0.15) is 5.10 Å². The number of aromatic nitrogens is 2. The van der Waals surface area contributed by atoms with Gasteiger partial charge in [-0.25, -0.2) is 0 Å². The molecular weight excluding hydrogens is 242 g/mol. The van der Waals surface area contributed by atoms with Crippen LogP contribution in [0.15, 0.2) is 18.3 Å². The number of aryl methyl sites for hydroxylation is 1. The largest absolute Gasteiger partial charge is 0.304 e. The van der Waals surface area contributed by atoms with Crippen LogP contribution < -0.4 is 5.32 Å². The Kier molecular flexibility index (Phi) is 2.71. The van der Waals surface area contributed by atoms with Crippen molar-refractivity contribution >= 4 is 22.9 Å². The quantitative estimate of drug-likeness (QED) is 0.883. The van der Waals surface area contributed by atoms with Crippen LogP contribution in [0.5, 0.6) is 0 Å². The second kappa shape index (κ2) is 4.20. The number of aromatic amines is 1. The van der Waals surface area contributed by atoms with Crippen molar-refractivity contribution in [2.75, 3.05) is 0 Å². The summed E-state index contributed by atoms with van der Waals surface area (Å²) < 4.78 is 0.901. The molecule has 0 aromatic carbocycles. The normalized spacial score (nSPS) is 18.9. The molecule has 0 saturated carbocycles. The Morgan fingerprint density at radius 2 is 2.56 bits per heavy atom. The molecule has 3 rings (SSSR count). The number of hydrogen-bond acceptors (Lipinski definition) is 3. The summed E-state index contributed by atoms with van der Waals surface area (Å²) in [6, 6.07) is 4.53. The van der Waals surface area contributed by atoms with Crippen LogP contribution in [0.3, 0.4) is 0 Å².